The van der Waals surface area contributed by atoms with Crippen molar-refractivity contribution >= 4 is 21.6 Å². The number of halogens is 1. The monoisotopic (exact) mass is 354 g/mol. The summed E-state index contributed by atoms with van der Waals surface area (Å²) in [6, 6.07) is 32.8. The van der Waals surface area contributed by atoms with E-state index in [2.05, 4.69) is 100 Å². The zero-order valence-corrected chi connectivity index (χ0v) is 15.7. The number of rotatable bonds is 6. The molecule has 0 spiro atoms. The summed E-state index contributed by atoms with van der Waals surface area (Å²) in [5, 5.41) is 0. The molecular weight excluding hydrogens is 331 g/mol. The SMILES string of the molecule is Cl.PCCCC(c1ccccc1)(c1ccccc1)c1ccccc1. The predicted molar refractivity (Wildman–Crippen MR) is 110 cm³/mol. The smallest absolute Gasteiger partial charge is 0.0451 e. The average molecular weight is 355 g/mol. The third kappa shape index (κ3) is 3.72. The van der Waals surface area contributed by atoms with Crippen LogP contribution in [0.1, 0.15) is 29.5 Å². The molecule has 1 unspecified atom stereocenters. The Labute approximate surface area is 153 Å². The largest absolute Gasteiger partial charge is 0.147 e. The fraction of sp³-hybridized carbons (Fsp3) is 0.182. The predicted octanol–water partition coefficient (Wildman–Crippen LogP) is 6.10. The minimum atomic E-state index is -0.0830. The normalized spacial score (nSPS) is 10.9. The molecule has 0 heterocycles. The number of benzene rings is 3. The maximum absolute atomic E-state index is 2.87. The van der Waals surface area contributed by atoms with Gasteiger partial charge in [-0.1, -0.05) is 91.0 Å². The van der Waals surface area contributed by atoms with E-state index in [1.54, 1.807) is 0 Å². The second-order valence-corrected chi connectivity index (χ2v) is 6.47. The van der Waals surface area contributed by atoms with Crippen LogP contribution in [-0.2, 0) is 5.41 Å². The van der Waals surface area contributed by atoms with Gasteiger partial charge in [0.15, 0.2) is 0 Å². The standard InChI is InChI=1S/C22H23P.ClH/c23-18-10-17-22(19-11-4-1-5-12-19,20-13-6-2-7-14-20)21-15-8-3-9-16-21;/h1-9,11-16H,10,17-18,23H2;1H. The van der Waals surface area contributed by atoms with Crippen LogP contribution in [-0.4, -0.2) is 6.16 Å². The van der Waals surface area contributed by atoms with Gasteiger partial charge in [-0.05, 0) is 35.7 Å². The first kappa shape index (κ1) is 18.7. The van der Waals surface area contributed by atoms with Crippen molar-refractivity contribution in [2.45, 2.75) is 18.3 Å². The van der Waals surface area contributed by atoms with Crippen LogP contribution in [0.3, 0.4) is 0 Å². The molecule has 0 aliphatic rings. The summed E-state index contributed by atoms with van der Waals surface area (Å²) in [5.41, 5.74) is 4.03. The minimum Gasteiger partial charge on any atom is -0.147 e. The van der Waals surface area contributed by atoms with Crippen molar-refractivity contribution in [3.8, 4) is 0 Å². The van der Waals surface area contributed by atoms with Crippen molar-refractivity contribution in [3.05, 3.63) is 108 Å². The maximum Gasteiger partial charge on any atom is 0.0451 e. The van der Waals surface area contributed by atoms with Gasteiger partial charge in [0.1, 0.15) is 0 Å². The summed E-state index contributed by atoms with van der Waals surface area (Å²) in [4.78, 5) is 0. The molecule has 2 heteroatoms. The first-order valence-electron chi connectivity index (χ1n) is 8.24. The fourth-order valence-electron chi connectivity index (χ4n) is 3.47. The molecule has 0 nitrogen and oxygen atoms in total. The lowest BCUT2D eigenvalue weighted by molar-refractivity contribution is 0.553. The Morgan fingerprint density at radius 1 is 0.583 bits per heavy atom. The molecule has 0 bridgehead atoms. The van der Waals surface area contributed by atoms with Crippen molar-refractivity contribution in [2.75, 3.05) is 6.16 Å². The van der Waals surface area contributed by atoms with Crippen molar-refractivity contribution in [3.63, 3.8) is 0 Å². The quantitative estimate of drug-likeness (QED) is 0.370. The summed E-state index contributed by atoms with van der Waals surface area (Å²) in [7, 11) is 2.87. The molecular formula is C22H24ClP. The highest BCUT2D eigenvalue weighted by atomic mass is 35.5. The van der Waals surface area contributed by atoms with Crippen LogP contribution >= 0.6 is 21.6 Å². The van der Waals surface area contributed by atoms with E-state index >= 15 is 0 Å². The lowest BCUT2D eigenvalue weighted by atomic mass is 9.67. The third-order valence-corrected chi connectivity index (χ3v) is 4.96. The molecule has 0 aromatic heterocycles. The lowest BCUT2D eigenvalue weighted by Gasteiger charge is -2.36. The first-order chi connectivity index (χ1) is 11.4. The molecule has 0 saturated heterocycles. The minimum absolute atomic E-state index is 0. The summed E-state index contributed by atoms with van der Waals surface area (Å²) in [6.45, 7) is 0. The molecule has 3 rings (SSSR count). The van der Waals surface area contributed by atoms with Crippen molar-refractivity contribution in [2.24, 2.45) is 0 Å². The van der Waals surface area contributed by atoms with Crippen molar-refractivity contribution < 1.29 is 0 Å². The molecule has 0 aliphatic heterocycles. The van der Waals surface area contributed by atoms with Gasteiger partial charge < -0.3 is 0 Å². The van der Waals surface area contributed by atoms with E-state index in [-0.39, 0.29) is 17.8 Å². The molecule has 124 valence electrons. The Morgan fingerprint density at radius 2 is 0.917 bits per heavy atom. The van der Waals surface area contributed by atoms with Gasteiger partial charge in [-0.3, -0.25) is 0 Å². The molecule has 0 N–H and O–H groups in total. The Bertz CT molecular complexity index is 614. The maximum atomic E-state index is 2.87. The molecule has 0 amide bonds. The molecule has 3 aromatic carbocycles. The van der Waals surface area contributed by atoms with Crippen LogP contribution in [0.4, 0.5) is 0 Å². The highest BCUT2D eigenvalue weighted by Crippen LogP contribution is 2.43. The Hall–Kier alpha value is -1.62. The summed E-state index contributed by atoms with van der Waals surface area (Å²) in [5.74, 6) is 0. The number of hydrogen-bond donors (Lipinski definition) is 0. The summed E-state index contributed by atoms with van der Waals surface area (Å²) >= 11 is 0. The van der Waals surface area contributed by atoms with E-state index < -0.39 is 0 Å². The van der Waals surface area contributed by atoms with Crippen LogP contribution in [0.2, 0.25) is 0 Å². The van der Waals surface area contributed by atoms with Crippen molar-refractivity contribution in [1.82, 2.24) is 0 Å². The lowest BCUT2D eigenvalue weighted by Crippen LogP contribution is -2.29. The van der Waals surface area contributed by atoms with E-state index in [0.29, 0.717) is 0 Å². The Morgan fingerprint density at radius 3 is 1.21 bits per heavy atom. The molecule has 0 fully saturated rings. The molecule has 24 heavy (non-hydrogen) atoms. The molecule has 3 aromatic rings. The van der Waals surface area contributed by atoms with Gasteiger partial charge in [0.2, 0.25) is 0 Å². The van der Waals surface area contributed by atoms with E-state index in [1.807, 2.05) is 0 Å². The first-order valence-corrected chi connectivity index (χ1v) is 9.06. The van der Waals surface area contributed by atoms with Gasteiger partial charge in [0.25, 0.3) is 0 Å². The van der Waals surface area contributed by atoms with Gasteiger partial charge >= 0.3 is 0 Å². The molecule has 0 aliphatic carbocycles. The van der Waals surface area contributed by atoms with E-state index in [1.165, 1.54) is 23.1 Å². The van der Waals surface area contributed by atoms with Gasteiger partial charge in [-0.2, -0.15) is 0 Å². The van der Waals surface area contributed by atoms with Crippen LogP contribution in [0.15, 0.2) is 91.0 Å². The Kier molecular flexibility index (Phi) is 7.03. The fourth-order valence-corrected chi connectivity index (χ4v) is 3.67. The highest BCUT2D eigenvalue weighted by Gasteiger charge is 2.35. The van der Waals surface area contributed by atoms with Crippen LogP contribution in [0.5, 0.6) is 0 Å². The van der Waals surface area contributed by atoms with Gasteiger partial charge in [-0.15, -0.1) is 21.6 Å². The van der Waals surface area contributed by atoms with Crippen LogP contribution in [0.25, 0.3) is 0 Å². The molecule has 1 atom stereocenters. The Balaban J connectivity index is 0.00000208. The van der Waals surface area contributed by atoms with Gasteiger partial charge in [0.05, 0.1) is 0 Å². The third-order valence-electron chi connectivity index (χ3n) is 4.56. The van der Waals surface area contributed by atoms with E-state index in [9.17, 15) is 0 Å². The zero-order valence-electron chi connectivity index (χ0n) is 13.8. The van der Waals surface area contributed by atoms with Crippen molar-refractivity contribution in [1.29, 1.82) is 0 Å². The topological polar surface area (TPSA) is 0 Å². The second kappa shape index (κ2) is 9.02. The van der Waals surface area contributed by atoms with Crippen LogP contribution < -0.4 is 0 Å². The number of hydrogen-bond acceptors (Lipinski definition) is 0. The highest BCUT2D eigenvalue weighted by molar-refractivity contribution is 7.16. The second-order valence-electron chi connectivity index (χ2n) is 5.90. The summed E-state index contributed by atoms with van der Waals surface area (Å²) in [6.07, 6.45) is 3.39. The average Bonchev–Trinajstić information content (AvgIpc) is 2.65. The summed E-state index contributed by atoms with van der Waals surface area (Å²) < 4.78 is 0. The van der Waals surface area contributed by atoms with E-state index in [4.69, 9.17) is 0 Å². The van der Waals surface area contributed by atoms with E-state index in [0.717, 1.165) is 12.6 Å². The van der Waals surface area contributed by atoms with Gasteiger partial charge in [0, 0.05) is 5.41 Å². The zero-order chi connectivity index (χ0) is 16.0. The molecule has 0 saturated carbocycles. The van der Waals surface area contributed by atoms with Gasteiger partial charge in [-0.25, -0.2) is 0 Å². The molecule has 0 radical (unpaired) electrons. The van der Waals surface area contributed by atoms with Crippen LogP contribution in [0, 0.1) is 0 Å².